The van der Waals surface area contributed by atoms with Crippen LogP contribution < -0.4 is 0 Å². The number of hydrogen-bond acceptors (Lipinski definition) is 4. The first-order valence-electron chi connectivity index (χ1n) is 9.63. The Morgan fingerprint density at radius 2 is 1.62 bits per heavy atom. The van der Waals surface area contributed by atoms with Gasteiger partial charge in [-0.3, -0.25) is 9.59 Å². The molecule has 4 nitrogen and oxygen atoms in total. The average molecular weight is 455 g/mol. The molecule has 0 aromatic heterocycles. The molecule has 0 amide bonds. The van der Waals surface area contributed by atoms with Crippen molar-refractivity contribution in [3.05, 3.63) is 75.8 Å². The fraction of sp³-hybridized carbons (Fsp3) is 0.250. The maximum atomic E-state index is 12.7. The Hall–Kier alpha value is -2.66. The van der Waals surface area contributed by atoms with Crippen LogP contribution in [0.4, 0.5) is 0 Å². The molecular weight excluding hydrogens is 432 g/mol. The van der Waals surface area contributed by atoms with Gasteiger partial charge in [-0.1, -0.05) is 70.5 Å². The van der Waals surface area contributed by atoms with Crippen LogP contribution in [-0.4, -0.2) is 25.2 Å². The SMILES string of the molecule is CCOC(=O)C(C(=O)OCC)C1C=Cc2ccccc2/C1=C/c1ccccc1Br. The number of ether oxygens (including phenoxy) is 2. The Labute approximate surface area is 179 Å². The number of carbonyl (C=O) groups is 2. The number of allylic oxidation sites excluding steroid dienone is 2. The first-order valence-corrected chi connectivity index (χ1v) is 10.4. The van der Waals surface area contributed by atoms with Gasteiger partial charge in [-0.05, 0) is 48.3 Å². The van der Waals surface area contributed by atoms with E-state index in [9.17, 15) is 9.59 Å². The van der Waals surface area contributed by atoms with E-state index in [1.807, 2.05) is 66.8 Å². The van der Waals surface area contributed by atoms with Gasteiger partial charge in [0.1, 0.15) is 0 Å². The lowest BCUT2D eigenvalue weighted by Gasteiger charge is -2.28. The standard InChI is InChI=1S/C24H23BrO4/c1-3-28-23(26)22(24(27)29-4-2)19-14-13-16-9-5-7-11-18(16)20(19)15-17-10-6-8-12-21(17)25/h5-15,19,22H,3-4H2,1-2H3/b20-15-. The summed E-state index contributed by atoms with van der Waals surface area (Å²) in [6.45, 7) is 3.85. The minimum atomic E-state index is -1.06. The van der Waals surface area contributed by atoms with Crippen LogP contribution in [0, 0.1) is 11.8 Å². The zero-order chi connectivity index (χ0) is 20.8. The highest BCUT2D eigenvalue weighted by Crippen LogP contribution is 2.40. The first-order chi connectivity index (χ1) is 14.1. The molecule has 0 N–H and O–H groups in total. The molecule has 0 heterocycles. The fourth-order valence-corrected chi connectivity index (χ4v) is 3.87. The molecule has 1 atom stereocenters. The zero-order valence-electron chi connectivity index (χ0n) is 16.4. The predicted octanol–water partition coefficient (Wildman–Crippen LogP) is 5.38. The van der Waals surface area contributed by atoms with Crippen LogP contribution in [0.1, 0.15) is 30.5 Å². The molecule has 0 saturated carbocycles. The molecule has 0 aliphatic heterocycles. The molecule has 3 rings (SSSR count). The lowest BCUT2D eigenvalue weighted by atomic mass is 9.76. The van der Waals surface area contributed by atoms with E-state index in [-0.39, 0.29) is 13.2 Å². The summed E-state index contributed by atoms with van der Waals surface area (Å²) < 4.78 is 11.4. The highest BCUT2D eigenvalue weighted by molar-refractivity contribution is 9.10. The number of carbonyl (C=O) groups excluding carboxylic acids is 2. The van der Waals surface area contributed by atoms with Gasteiger partial charge in [0.05, 0.1) is 13.2 Å². The van der Waals surface area contributed by atoms with Crippen molar-refractivity contribution in [1.29, 1.82) is 0 Å². The summed E-state index contributed by atoms with van der Waals surface area (Å²) in [4.78, 5) is 25.5. The number of rotatable bonds is 6. The monoisotopic (exact) mass is 454 g/mol. The summed E-state index contributed by atoms with van der Waals surface area (Å²) in [5.74, 6) is -2.70. The maximum absolute atomic E-state index is 12.7. The molecule has 5 heteroatoms. The second kappa shape index (κ2) is 9.70. The van der Waals surface area contributed by atoms with Gasteiger partial charge in [-0.2, -0.15) is 0 Å². The van der Waals surface area contributed by atoms with Crippen molar-refractivity contribution in [2.45, 2.75) is 13.8 Å². The number of esters is 2. The Balaban J connectivity index is 2.15. The summed E-state index contributed by atoms with van der Waals surface area (Å²) in [6.07, 6.45) is 5.86. The van der Waals surface area contributed by atoms with Crippen molar-refractivity contribution >= 4 is 45.6 Å². The molecule has 1 aliphatic carbocycles. The van der Waals surface area contributed by atoms with Crippen LogP contribution in [0.15, 0.2) is 59.1 Å². The van der Waals surface area contributed by atoms with E-state index in [0.717, 1.165) is 26.7 Å². The van der Waals surface area contributed by atoms with E-state index in [1.165, 1.54) is 0 Å². The van der Waals surface area contributed by atoms with E-state index in [4.69, 9.17) is 9.47 Å². The molecule has 29 heavy (non-hydrogen) atoms. The first kappa shape index (κ1) is 21.1. The number of hydrogen-bond donors (Lipinski definition) is 0. The van der Waals surface area contributed by atoms with E-state index >= 15 is 0 Å². The quantitative estimate of drug-likeness (QED) is 0.434. The Morgan fingerprint density at radius 3 is 2.28 bits per heavy atom. The lowest BCUT2D eigenvalue weighted by molar-refractivity contribution is -0.162. The van der Waals surface area contributed by atoms with E-state index < -0.39 is 23.8 Å². The van der Waals surface area contributed by atoms with E-state index in [0.29, 0.717) is 0 Å². The van der Waals surface area contributed by atoms with E-state index in [1.54, 1.807) is 13.8 Å². The van der Waals surface area contributed by atoms with Gasteiger partial charge in [0.25, 0.3) is 0 Å². The molecule has 2 aromatic carbocycles. The zero-order valence-corrected chi connectivity index (χ0v) is 18.0. The van der Waals surface area contributed by atoms with Crippen LogP contribution in [0.3, 0.4) is 0 Å². The van der Waals surface area contributed by atoms with Crippen molar-refractivity contribution in [1.82, 2.24) is 0 Å². The van der Waals surface area contributed by atoms with Gasteiger partial charge in [-0.15, -0.1) is 0 Å². The topological polar surface area (TPSA) is 52.6 Å². The number of benzene rings is 2. The van der Waals surface area contributed by atoms with Gasteiger partial charge in [0.2, 0.25) is 0 Å². The largest absolute Gasteiger partial charge is 0.465 e. The second-order valence-electron chi connectivity index (χ2n) is 6.58. The summed E-state index contributed by atoms with van der Waals surface area (Å²) in [5.41, 5.74) is 3.85. The van der Waals surface area contributed by atoms with Crippen LogP contribution in [0.2, 0.25) is 0 Å². The molecule has 0 spiro atoms. The van der Waals surface area contributed by atoms with Gasteiger partial charge >= 0.3 is 11.9 Å². The van der Waals surface area contributed by atoms with Gasteiger partial charge in [0, 0.05) is 10.4 Å². The van der Waals surface area contributed by atoms with Crippen LogP contribution >= 0.6 is 15.9 Å². The maximum Gasteiger partial charge on any atom is 0.321 e. The highest BCUT2D eigenvalue weighted by Gasteiger charge is 2.40. The second-order valence-corrected chi connectivity index (χ2v) is 7.43. The van der Waals surface area contributed by atoms with Crippen LogP contribution in [-0.2, 0) is 19.1 Å². The van der Waals surface area contributed by atoms with Crippen LogP contribution in [0.5, 0.6) is 0 Å². The molecule has 0 saturated heterocycles. The predicted molar refractivity (Wildman–Crippen MR) is 118 cm³/mol. The summed E-state index contributed by atoms with van der Waals surface area (Å²) in [5, 5.41) is 0. The minimum absolute atomic E-state index is 0.199. The average Bonchev–Trinajstić information content (AvgIpc) is 2.71. The summed E-state index contributed by atoms with van der Waals surface area (Å²) in [7, 11) is 0. The summed E-state index contributed by atoms with van der Waals surface area (Å²) in [6, 6.07) is 15.8. The smallest absolute Gasteiger partial charge is 0.321 e. The summed E-state index contributed by atoms with van der Waals surface area (Å²) >= 11 is 3.58. The number of halogens is 1. The third kappa shape index (κ3) is 4.67. The van der Waals surface area contributed by atoms with Crippen molar-refractivity contribution in [2.24, 2.45) is 11.8 Å². The molecule has 1 aliphatic rings. The Morgan fingerprint density at radius 1 is 1.00 bits per heavy atom. The van der Waals surface area contributed by atoms with Gasteiger partial charge in [-0.25, -0.2) is 0 Å². The van der Waals surface area contributed by atoms with Crippen LogP contribution in [0.25, 0.3) is 17.7 Å². The molecule has 2 aromatic rings. The Kier molecular flexibility index (Phi) is 7.04. The van der Waals surface area contributed by atoms with Gasteiger partial charge in [0.15, 0.2) is 5.92 Å². The van der Waals surface area contributed by atoms with Crippen molar-refractivity contribution in [2.75, 3.05) is 13.2 Å². The normalized spacial score (nSPS) is 16.6. The van der Waals surface area contributed by atoms with Crippen molar-refractivity contribution < 1.29 is 19.1 Å². The molecule has 150 valence electrons. The lowest BCUT2D eigenvalue weighted by Crippen LogP contribution is -2.35. The number of fused-ring (bicyclic) bond motifs is 1. The van der Waals surface area contributed by atoms with Gasteiger partial charge < -0.3 is 9.47 Å². The minimum Gasteiger partial charge on any atom is -0.465 e. The fourth-order valence-electron chi connectivity index (χ4n) is 3.47. The Bertz CT molecular complexity index is 943. The van der Waals surface area contributed by atoms with Crippen molar-refractivity contribution in [3.8, 4) is 0 Å². The van der Waals surface area contributed by atoms with Crippen molar-refractivity contribution in [3.63, 3.8) is 0 Å². The molecule has 0 fully saturated rings. The third-order valence-electron chi connectivity index (χ3n) is 4.77. The third-order valence-corrected chi connectivity index (χ3v) is 5.49. The molecule has 0 radical (unpaired) electrons. The molecule has 1 unspecified atom stereocenters. The molecular formula is C24H23BrO4. The van der Waals surface area contributed by atoms with E-state index in [2.05, 4.69) is 15.9 Å². The highest BCUT2D eigenvalue weighted by atomic mass is 79.9. The molecule has 0 bridgehead atoms.